The fraction of sp³-hybridized carbons (Fsp3) is 0.250. The van der Waals surface area contributed by atoms with Crippen LogP contribution in [-0.2, 0) is 30.4 Å². The number of non-ortho nitro benzene ring substituents is 2. The zero-order chi connectivity index (χ0) is 29.0. The van der Waals surface area contributed by atoms with Crippen LogP contribution in [0.4, 0.5) is 11.4 Å². The third-order valence-corrected chi connectivity index (χ3v) is 6.97. The van der Waals surface area contributed by atoms with Crippen LogP contribution in [0.5, 0.6) is 0 Å². The van der Waals surface area contributed by atoms with Gasteiger partial charge in [-0.05, 0) is 16.7 Å². The molecule has 3 aromatic rings. The van der Waals surface area contributed by atoms with Crippen molar-refractivity contribution in [1.29, 1.82) is 0 Å². The highest BCUT2D eigenvalue weighted by Gasteiger charge is 2.56. The van der Waals surface area contributed by atoms with Crippen molar-refractivity contribution >= 4 is 29.1 Å². The topological polar surface area (TPSA) is 159 Å². The van der Waals surface area contributed by atoms with E-state index in [0.29, 0.717) is 11.1 Å². The number of nitro groups is 2. The molecule has 0 aromatic heterocycles. The van der Waals surface area contributed by atoms with Gasteiger partial charge in [0, 0.05) is 30.8 Å². The highest BCUT2D eigenvalue weighted by atomic mass is 16.6. The Labute approximate surface area is 228 Å². The summed E-state index contributed by atoms with van der Waals surface area (Å²) in [5, 5.41) is 22.6. The van der Waals surface area contributed by atoms with Crippen LogP contribution in [0.3, 0.4) is 0 Å². The number of nitrogens with zero attached hydrogens (tertiary/aromatic N) is 3. The molecule has 0 saturated carbocycles. The molecule has 2 unspecified atom stereocenters. The smallest absolute Gasteiger partial charge is 0.318 e. The van der Waals surface area contributed by atoms with Gasteiger partial charge in [0.1, 0.15) is 11.8 Å². The number of piperidine rings is 1. The van der Waals surface area contributed by atoms with E-state index in [2.05, 4.69) is 0 Å². The third kappa shape index (κ3) is 5.43. The molecule has 0 amide bonds. The number of esters is 2. The Morgan fingerprint density at radius 2 is 1.12 bits per heavy atom. The van der Waals surface area contributed by atoms with Gasteiger partial charge in [-0.1, -0.05) is 54.6 Å². The molecule has 1 fully saturated rings. The number of likely N-dealkylation sites (tertiary alicyclic amines) is 1. The zero-order valence-corrected chi connectivity index (χ0v) is 21.5. The van der Waals surface area contributed by atoms with Crippen LogP contribution in [0.15, 0.2) is 78.9 Å². The zero-order valence-electron chi connectivity index (χ0n) is 21.5. The molecule has 4 rings (SSSR count). The minimum atomic E-state index is -1.48. The number of hydrogen-bond donors (Lipinski definition) is 0. The van der Waals surface area contributed by atoms with Crippen molar-refractivity contribution in [3.63, 3.8) is 0 Å². The van der Waals surface area contributed by atoms with E-state index >= 15 is 0 Å². The fourth-order valence-corrected chi connectivity index (χ4v) is 5.15. The van der Waals surface area contributed by atoms with Gasteiger partial charge in [0.15, 0.2) is 5.78 Å². The lowest BCUT2D eigenvalue weighted by Crippen LogP contribution is -2.55. The second-order valence-corrected chi connectivity index (χ2v) is 9.15. The minimum absolute atomic E-state index is 0.137. The van der Waals surface area contributed by atoms with E-state index < -0.39 is 51.5 Å². The Morgan fingerprint density at radius 1 is 0.725 bits per heavy atom. The SMILES string of the molecule is COC(=O)C1C(=O)C(C(=O)OC)[C@H](c2ccc([N+](=O)[O-])cc2)N(Cc2ccccc2)[C@H]1c1ccc([N+](=O)[O-])cc1. The summed E-state index contributed by atoms with van der Waals surface area (Å²) in [6.45, 7) is 0.137. The third-order valence-electron chi connectivity index (χ3n) is 6.97. The van der Waals surface area contributed by atoms with Crippen LogP contribution in [0.1, 0.15) is 28.8 Å². The predicted molar refractivity (Wildman–Crippen MR) is 140 cm³/mol. The number of ether oxygens (including phenoxy) is 2. The van der Waals surface area contributed by atoms with Crippen molar-refractivity contribution < 1.29 is 33.7 Å². The molecule has 12 heteroatoms. The minimum Gasteiger partial charge on any atom is -0.468 e. The molecule has 40 heavy (non-hydrogen) atoms. The van der Waals surface area contributed by atoms with Gasteiger partial charge >= 0.3 is 11.9 Å². The van der Waals surface area contributed by atoms with E-state index in [1.807, 2.05) is 30.3 Å². The fourth-order valence-electron chi connectivity index (χ4n) is 5.15. The first-order valence-corrected chi connectivity index (χ1v) is 12.2. The van der Waals surface area contributed by atoms with Crippen molar-refractivity contribution in [2.45, 2.75) is 18.6 Å². The lowest BCUT2D eigenvalue weighted by molar-refractivity contribution is -0.385. The summed E-state index contributed by atoms with van der Waals surface area (Å²) in [6, 6.07) is 17.9. The summed E-state index contributed by atoms with van der Waals surface area (Å²) >= 11 is 0. The first-order valence-electron chi connectivity index (χ1n) is 12.2. The van der Waals surface area contributed by atoms with Crippen molar-refractivity contribution in [2.75, 3.05) is 14.2 Å². The molecule has 1 aliphatic heterocycles. The number of ketones is 1. The van der Waals surface area contributed by atoms with Gasteiger partial charge < -0.3 is 9.47 Å². The maximum absolute atomic E-state index is 14.0. The normalized spacial score (nSPS) is 20.9. The molecule has 0 aliphatic carbocycles. The number of carbonyl (C=O) groups excluding carboxylic acids is 3. The second-order valence-electron chi connectivity index (χ2n) is 9.15. The summed E-state index contributed by atoms with van der Waals surface area (Å²) in [4.78, 5) is 63.5. The second kappa shape index (κ2) is 11.8. The number of carbonyl (C=O) groups is 3. The average molecular weight is 548 g/mol. The molecule has 206 valence electrons. The van der Waals surface area contributed by atoms with Crippen molar-refractivity contribution in [2.24, 2.45) is 11.8 Å². The Bertz CT molecular complexity index is 1340. The first-order chi connectivity index (χ1) is 19.2. The standard InChI is InChI=1S/C28H25N3O9/c1-39-27(33)22-24(18-8-12-20(13-9-18)30(35)36)29(16-17-6-4-3-5-7-17)25(23(26(22)32)28(34)40-2)19-10-14-21(15-11-19)31(37)38/h3-15,22-25H,16H2,1-2H3/t22?,23?,24-,25-/m0/s1. The first kappa shape index (κ1) is 28.0. The Kier molecular flexibility index (Phi) is 8.29. The summed E-state index contributed by atoms with van der Waals surface area (Å²) in [5.74, 6) is -5.48. The van der Waals surface area contributed by atoms with Crippen molar-refractivity contribution in [3.8, 4) is 0 Å². The van der Waals surface area contributed by atoms with Crippen LogP contribution in [-0.4, -0.2) is 46.7 Å². The maximum Gasteiger partial charge on any atom is 0.318 e. The average Bonchev–Trinajstić information content (AvgIpc) is 2.97. The summed E-state index contributed by atoms with van der Waals surface area (Å²) in [5.41, 5.74) is 1.22. The highest BCUT2D eigenvalue weighted by Crippen LogP contribution is 2.48. The molecule has 1 saturated heterocycles. The van der Waals surface area contributed by atoms with Crippen LogP contribution < -0.4 is 0 Å². The largest absolute Gasteiger partial charge is 0.468 e. The Hall–Kier alpha value is -4.97. The molecule has 1 heterocycles. The molecule has 0 N–H and O–H groups in total. The molecule has 0 bridgehead atoms. The molecule has 0 radical (unpaired) electrons. The Morgan fingerprint density at radius 3 is 1.48 bits per heavy atom. The van der Waals surface area contributed by atoms with Gasteiger partial charge in [-0.15, -0.1) is 0 Å². The maximum atomic E-state index is 14.0. The Balaban J connectivity index is 1.98. The molecule has 0 spiro atoms. The summed E-state index contributed by atoms with van der Waals surface area (Å²) in [6.07, 6.45) is 0. The van der Waals surface area contributed by atoms with E-state index in [-0.39, 0.29) is 17.9 Å². The summed E-state index contributed by atoms with van der Waals surface area (Å²) in [7, 11) is 2.25. The monoisotopic (exact) mass is 547 g/mol. The van der Waals surface area contributed by atoms with Crippen LogP contribution in [0, 0.1) is 32.1 Å². The van der Waals surface area contributed by atoms with Crippen molar-refractivity contribution in [1.82, 2.24) is 4.90 Å². The van der Waals surface area contributed by atoms with E-state index in [1.54, 1.807) is 4.90 Å². The summed E-state index contributed by atoms with van der Waals surface area (Å²) < 4.78 is 9.99. The van der Waals surface area contributed by atoms with E-state index in [9.17, 15) is 34.6 Å². The molecular formula is C28H25N3O9. The molecule has 1 aliphatic rings. The van der Waals surface area contributed by atoms with Crippen molar-refractivity contribution in [3.05, 3.63) is 116 Å². The van der Waals surface area contributed by atoms with E-state index in [0.717, 1.165) is 19.8 Å². The van der Waals surface area contributed by atoms with Gasteiger partial charge in [-0.25, -0.2) is 0 Å². The number of benzene rings is 3. The number of Topliss-reactive ketones (excluding diaryl/α,β-unsaturated/α-hetero) is 1. The quantitative estimate of drug-likeness (QED) is 0.175. The van der Waals surface area contributed by atoms with Gasteiger partial charge in [-0.3, -0.25) is 39.5 Å². The lowest BCUT2D eigenvalue weighted by atomic mass is 9.72. The number of rotatable bonds is 8. The number of methoxy groups -OCH3 is 2. The van der Waals surface area contributed by atoms with Crippen LogP contribution in [0.2, 0.25) is 0 Å². The molecule has 12 nitrogen and oxygen atoms in total. The van der Waals surface area contributed by atoms with Gasteiger partial charge in [0.2, 0.25) is 0 Å². The number of nitro benzene ring substituents is 2. The predicted octanol–water partition coefficient (Wildman–Crippen LogP) is 3.95. The van der Waals surface area contributed by atoms with Crippen LogP contribution >= 0.6 is 0 Å². The molecular weight excluding hydrogens is 522 g/mol. The van der Waals surface area contributed by atoms with E-state index in [1.165, 1.54) is 48.5 Å². The van der Waals surface area contributed by atoms with E-state index in [4.69, 9.17) is 9.47 Å². The number of hydrogen-bond acceptors (Lipinski definition) is 10. The van der Waals surface area contributed by atoms with Crippen LogP contribution in [0.25, 0.3) is 0 Å². The molecule has 4 atom stereocenters. The lowest BCUT2D eigenvalue weighted by Gasteiger charge is -2.47. The van der Waals surface area contributed by atoms with Gasteiger partial charge in [0.25, 0.3) is 11.4 Å². The van der Waals surface area contributed by atoms with Gasteiger partial charge in [0.05, 0.1) is 36.1 Å². The highest BCUT2D eigenvalue weighted by molar-refractivity contribution is 6.10. The molecule has 3 aromatic carbocycles. The van der Waals surface area contributed by atoms with Gasteiger partial charge in [-0.2, -0.15) is 0 Å².